The van der Waals surface area contributed by atoms with Crippen molar-refractivity contribution in [1.82, 2.24) is 4.57 Å². The third kappa shape index (κ3) is 1.69. The van der Waals surface area contributed by atoms with Crippen LogP contribution in [0.15, 0.2) is 15.0 Å². The lowest BCUT2D eigenvalue weighted by atomic mass is 9.94. The van der Waals surface area contributed by atoms with Gasteiger partial charge >= 0.3 is 16.6 Å². The van der Waals surface area contributed by atoms with Crippen LogP contribution in [0.1, 0.15) is 24.3 Å². The second kappa shape index (κ2) is 4.02. The van der Waals surface area contributed by atoms with E-state index in [2.05, 4.69) is 10.2 Å². The van der Waals surface area contributed by atoms with Crippen LogP contribution in [-0.2, 0) is 24.8 Å². The molecular formula is C13H13N4O2S2+. The molecule has 0 radical (unpaired) electrons. The van der Waals surface area contributed by atoms with Crippen molar-refractivity contribution in [2.75, 3.05) is 0 Å². The maximum atomic E-state index is 12.7. The molecule has 21 heavy (non-hydrogen) atoms. The van der Waals surface area contributed by atoms with Gasteiger partial charge in [-0.1, -0.05) is 0 Å². The summed E-state index contributed by atoms with van der Waals surface area (Å²) in [7, 11) is 1.70. The molecule has 0 bridgehead atoms. The predicted molar refractivity (Wildman–Crippen MR) is 82.3 cm³/mol. The first-order chi connectivity index (χ1) is 9.89. The van der Waals surface area contributed by atoms with E-state index in [9.17, 15) is 4.79 Å². The molecule has 0 aromatic carbocycles. The molecule has 0 fully saturated rings. The van der Waals surface area contributed by atoms with E-state index in [0.717, 1.165) is 27.1 Å². The van der Waals surface area contributed by atoms with Crippen LogP contribution >= 0.6 is 23.6 Å². The Morgan fingerprint density at radius 1 is 1.43 bits per heavy atom. The minimum absolute atomic E-state index is 0.0462. The van der Waals surface area contributed by atoms with E-state index in [1.807, 2.05) is 13.8 Å². The summed E-state index contributed by atoms with van der Waals surface area (Å²) in [4.78, 5) is 14.6. The first-order valence-electron chi connectivity index (χ1n) is 6.58. The highest BCUT2D eigenvalue weighted by Gasteiger charge is 2.36. The Morgan fingerprint density at radius 3 is 2.95 bits per heavy atom. The second-order valence-corrected chi connectivity index (χ2v) is 7.34. The zero-order valence-corrected chi connectivity index (χ0v) is 13.5. The molecule has 2 aromatic rings. The molecule has 0 saturated heterocycles. The van der Waals surface area contributed by atoms with Crippen molar-refractivity contribution >= 4 is 44.8 Å². The van der Waals surface area contributed by atoms with Gasteiger partial charge < -0.3 is 4.74 Å². The average Bonchev–Trinajstić information content (AvgIpc) is 2.95. The average molecular weight is 321 g/mol. The summed E-state index contributed by atoms with van der Waals surface area (Å²) >= 11 is 6.80. The maximum absolute atomic E-state index is 12.7. The van der Waals surface area contributed by atoms with Crippen LogP contribution in [0.4, 0.5) is 5.95 Å². The summed E-state index contributed by atoms with van der Waals surface area (Å²) < 4.78 is 9.14. The largest absolute Gasteiger partial charge is 0.397 e. The van der Waals surface area contributed by atoms with Gasteiger partial charge in [-0.15, -0.1) is 11.3 Å². The van der Waals surface area contributed by atoms with Crippen LogP contribution in [-0.4, -0.2) is 15.3 Å². The minimum atomic E-state index is -0.259. The van der Waals surface area contributed by atoms with Gasteiger partial charge in [0.2, 0.25) is 0 Å². The number of ether oxygens (including phenoxy) is 1. The molecule has 108 valence electrons. The third-order valence-electron chi connectivity index (χ3n) is 3.91. The van der Waals surface area contributed by atoms with E-state index in [4.69, 9.17) is 17.0 Å². The molecule has 2 aliphatic heterocycles. The maximum Gasteiger partial charge on any atom is 0.397 e. The van der Waals surface area contributed by atoms with Gasteiger partial charge in [0.05, 0.1) is 24.4 Å². The van der Waals surface area contributed by atoms with Crippen molar-refractivity contribution in [2.24, 2.45) is 17.3 Å². The van der Waals surface area contributed by atoms with Gasteiger partial charge in [-0.2, -0.15) is 4.57 Å². The molecule has 2 aromatic heterocycles. The fourth-order valence-electron chi connectivity index (χ4n) is 2.83. The molecule has 4 rings (SSSR count). The molecule has 0 unspecified atom stereocenters. The lowest BCUT2D eigenvalue weighted by Gasteiger charge is -2.29. The van der Waals surface area contributed by atoms with E-state index in [1.165, 1.54) is 4.57 Å². The van der Waals surface area contributed by atoms with Gasteiger partial charge in [-0.05, 0) is 31.6 Å². The van der Waals surface area contributed by atoms with Crippen molar-refractivity contribution in [1.29, 1.82) is 0 Å². The summed E-state index contributed by atoms with van der Waals surface area (Å²) in [6.07, 6.45) is 0.720. The lowest BCUT2D eigenvalue weighted by Crippen LogP contribution is -2.42. The highest BCUT2D eigenvalue weighted by atomic mass is 32.1. The summed E-state index contributed by atoms with van der Waals surface area (Å²) in [6, 6.07) is 0. The van der Waals surface area contributed by atoms with E-state index < -0.39 is 0 Å². The highest BCUT2D eigenvalue weighted by molar-refractivity contribution is 7.79. The molecule has 4 heterocycles. The van der Waals surface area contributed by atoms with Gasteiger partial charge in [-0.25, -0.2) is 4.57 Å². The standard InChI is InChI=1S/C13H13N4O2S2/c1-13(2)4-6-7(5-19-13)21-10-8(6)9(18)16(3)11-14-15-12(20)17(10)11/h4-5H2,1-3H3/q+1. The number of nitrogens with zero attached hydrogens (tertiary/aromatic N) is 4. The molecular weight excluding hydrogens is 308 g/mol. The monoisotopic (exact) mass is 321 g/mol. The van der Waals surface area contributed by atoms with Gasteiger partial charge in [0, 0.05) is 16.4 Å². The van der Waals surface area contributed by atoms with E-state index in [1.54, 1.807) is 23.0 Å². The van der Waals surface area contributed by atoms with Crippen LogP contribution in [0.25, 0.3) is 10.2 Å². The zero-order chi connectivity index (χ0) is 14.9. The number of hydrogen-bond acceptors (Lipinski definition) is 5. The van der Waals surface area contributed by atoms with Crippen LogP contribution < -0.4 is 10.1 Å². The van der Waals surface area contributed by atoms with Crippen molar-refractivity contribution < 1.29 is 9.30 Å². The molecule has 0 saturated carbocycles. The van der Waals surface area contributed by atoms with Crippen LogP contribution in [0.2, 0.25) is 0 Å². The Balaban J connectivity index is 2.14. The molecule has 0 amide bonds. The van der Waals surface area contributed by atoms with Crippen molar-refractivity contribution in [3.63, 3.8) is 0 Å². The first kappa shape index (κ1) is 13.2. The van der Waals surface area contributed by atoms with Crippen molar-refractivity contribution in [3.05, 3.63) is 20.8 Å². The summed E-state index contributed by atoms with van der Waals surface area (Å²) in [5.41, 5.74) is 0.775. The molecule has 0 aliphatic carbocycles. The third-order valence-corrected chi connectivity index (χ3v) is 5.36. The molecule has 0 spiro atoms. The molecule has 8 heteroatoms. The SMILES string of the molecule is Cn1c2[n+](c3sc4c(c3c1=O)CC(C)(C)OC4)C(=S)N=N2. The van der Waals surface area contributed by atoms with Crippen molar-refractivity contribution in [2.45, 2.75) is 32.5 Å². The number of thiophene rings is 1. The van der Waals surface area contributed by atoms with E-state index in [-0.39, 0.29) is 11.2 Å². The van der Waals surface area contributed by atoms with Gasteiger partial charge in [-0.3, -0.25) is 4.79 Å². The Kier molecular flexibility index (Phi) is 2.52. The Bertz CT molecular complexity index is 907. The topological polar surface area (TPSA) is 59.8 Å². The van der Waals surface area contributed by atoms with Crippen LogP contribution in [0, 0.1) is 0 Å². The number of hydrogen-bond donors (Lipinski definition) is 0. The Labute approximate surface area is 129 Å². The van der Waals surface area contributed by atoms with E-state index in [0.29, 0.717) is 17.7 Å². The lowest BCUT2D eigenvalue weighted by molar-refractivity contribution is -0.505. The molecule has 2 aliphatic rings. The van der Waals surface area contributed by atoms with Gasteiger partial charge in [0.1, 0.15) is 5.39 Å². The first-order valence-corrected chi connectivity index (χ1v) is 7.81. The number of thiocarbonyl (C=S) groups is 1. The number of fused-ring (bicyclic) bond motifs is 5. The van der Waals surface area contributed by atoms with Crippen LogP contribution in [0.3, 0.4) is 0 Å². The quantitative estimate of drug-likeness (QED) is 0.550. The smallest absolute Gasteiger partial charge is 0.370 e. The summed E-state index contributed by atoms with van der Waals surface area (Å²) in [5.74, 6) is 0.483. The Hall–Kier alpha value is -1.51. The normalized spacial score (nSPS) is 19.1. The number of azo groups is 1. The van der Waals surface area contributed by atoms with Gasteiger partial charge in [0.25, 0.3) is 0 Å². The molecule has 0 N–H and O–H groups in total. The molecule has 0 atom stereocenters. The zero-order valence-electron chi connectivity index (χ0n) is 11.8. The fourth-order valence-corrected chi connectivity index (χ4v) is 4.33. The highest BCUT2D eigenvalue weighted by Crippen LogP contribution is 2.37. The van der Waals surface area contributed by atoms with Gasteiger partial charge in [0.15, 0.2) is 4.83 Å². The number of aromatic nitrogens is 2. The number of rotatable bonds is 0. The minimum Gasteiger partial charge on any atom is -0.370 e. The summed E-state index contributed by atoms with van der Waals surface area (Å²) in [5, 5.41) is 9.04. The predicted octanol–water partition coefficient (Wildman–Crippen LogP) is 1.97. The molecule has 6 nitrogen and oxygen atoms in total. The summed E-state index contributed by atoms with van der Waals surface area (Å²) in [6.45, 7) is 4.61. The second-order valence-electron chi connectivity index (χ2n) is 5.89. The van der Waals surface area contributed by atoms with Crippen molar-refractivity contribution in [3.8, 4) is 0 Å². The van der Waals surface area contributed by atoms with E-state index >= 15 is 0 Å². The Morgan fingerprint density at radius 2 is 2.19 bits per heavy atom. The fraction of sp³-hybridized carbons (Fsp3) is 0.462. The van der Waals surface area contributed by atoms with Crippen LogP contribution in [0.5, 0.6) is 0 Å².